The third-order valence-electron chi connectivity index (χ3n) is 5.27. The van der Waals surface area contributed by atoms with Crippen LogP contribution >= 0.6 is 0 Å². The molecule has 1 unspecified atom stereocenters. The molecule has 2 aromatic heterocycles. The van der Waals surface area contributed by atoms with Crippen molar-refractivity contribution < 1.29 is 13.9 Å². The fourth-order valence-corrected chi connectivity index (χ4v) is 3.61. The molecule has 8 nitrogen and oxygen atoms in total. The maximum Gasteiger partial charge on any atom is 0.318 e. The second kappa shape index (κ2) is 7.57. The van der Waals surface area contributed by atoms with E-state index in [0.29, 0.717) is 25.4 Å². The van der Waals surface area contributed by atoms with Crippen molar-refractivity contribution in [2.24, 2.45) is 0 Å². The number of hydrogen-bond acceptors (Lipinski definition) is 4. The Morgan fingerprint density at radius 1 is 1.21 bits per heavy atom. The summed E-state index contributed by atoms with van der Waals surface area (Å²) < 4.78 is 22.1. The Hall–Kier alpha value is -3.36. The summed E-state index contributed by atoms with van der Waals surface area (Å²) in [6, 6.07) is 5.76. The predicted octanol–water partition coefficient (Wildman–Crippen LogP) is 2.81. The lowest BCUT2D eigenvalue weighted by molar-refractivity contribution is 0.177. The molecule has 1 N–H and O–H groups in total. The third-order valence-corrected chi connectivity index (χ3v) is 5.27. The van der Waals surface area contributed by atoms with Crippen molar-refractivity contribution in [1.29, 1.82) is 0 Å². The Bertz CT molecular complexity index is 1010. The van der Waals surface area contributed by atoms with Crippen LogP contribution in [0.5, 0.6) is 5.75 Å². The number of fused-ring (bicyclic) bond motifs is 1. The number of urea groups is 1. The van der Waals surface area contributed by atoms with E-state index < -0.39 is 0 Å². The van der Waals surface area contributed by atoms with Crippen LogP contribution in [0.4, 0.5) is 9.18 Å². The lowest BCUT2D eigenvalue weighted by Gasteiger charge is -2.29. The number of rotatable bonds is 4. The summed E-state index contributed by atoms with van der Waals surface area (Å²) in [5.41, 5.74) is 3.46. The number of hydrogen-bond donors (Lipinski definition) is 1. The number of ether oxygens (including phenoxy) is 1. The van der Waals surface area contributed by atoms with Crippen LogP contribution in [0.1, 0.15) is 29.9 Å². The number of carbonyl (C=O) groups is 1. The molecule has 1 atom stereocenters. The van der Waals surface area contributed by atoms with Crippen LogP contribution in [-0.4, -0.2) is 44.1 Å². The fourth-order valence-electron chi connectivity index (χ4n) is 3.61. The summed E-state index contributed by atoms with van der Waals surface area (Å²) in [5, 5.41) is 11.7. The molecule has 0 spiro atoms. The molecule has 0 radical (unpaired) electrons. The van der Waals surface area contributed by atoms with Crippen LogP contribution in [-0.2, 0) is 13.1 Å². The first-order valence-corrected chi connectivity index (χ1v) is 9.42. The monoisotopic (exact) mass is 398 g/mol. The van der Waals surface area contributed by atoms with Crippen LogP contribution in [0.25, 0.3) is 5.69 Å². The summed E-state index contributed by atoms with van der Waals surface area (Å²) in [6.07, 6.45) is 3.41. The number of methoxy groups -OCH3 is 1. The third kappa shape index (κ3) is 3.55. The Kier molecular flexibility index (Phi) is 4.96. The average Bonchev–Trinajstić information content (AvgIpc) is 3.31. The van der Waals surface area contributed by atoms with Crippen LogP contribution < -0.4 is 10.1 Å². The maximum atomic E-state index is 13.2. The molecule has 2 amide bonds. The van der Waals surface area contributed by atoms with E-state index in [1.165, 1.54) is 12.1 Å². The first-order valence-electron chi connectivity index (χ1n) is 9.42. The van der Waals surface area contributed by atoms with E-state index in [4.69, 9.17) is 4.74 Å². The van der Waals surface area contributed by atoms with E-state index in [1.54, 1.807) is 41.2 Å². The number of amides is 2. The average molecular weight is 398 g/mol. The van der Waals surface area contributed by atoms with Gasteiger partial charge in [0.05, 0.1) is 50.0 Å². The second-order valence-electron chi connectivity index (χ2n) is 7.05. The van der Waals surface area contributed by atoms with Gasteiger partial charge in [-0.2, -0.15) is 10.2 Å². The quantitative estimate of drug-likeness (QED) is 0.733. The van der Waals surface area contributed by atoms with Gasteiger partial charge < -0.3 is 15.0 Å². The summed E-state index contributed by atoms with van der Waals surface area (Å²) in [5.74, 6) is 0.394. The van der Waals surface area contributed by atoms with Crippen molar-refractivity contribution in [2.75, 3.05) is 13.7 Å². The van der Waals surface area contributed by atoms with Gasteiger partial charge >= 0.3 is 6.03 Å². The summed E-state index contributed by atoms with van der Waals surface area (Å²) in [6.45, 7) is 5.49. The van der Waals surface area contributed by atoms with Gasteiger partial charge in [-0.15, -0.1) is 0 Å². The zero-order valence-corrected chi connectivity index (χ0v) is 16.6. The zero-order chi connectivity index (χ0) is 20.5. The highest BCUT2D eigenvalue weighted by atomic mass is 19.1. The molecule has 3 aromatic rings. The van der Waals surface area contributed by atoms with Crippen molar-refractivity contribution in [3.8, 4) is 11.4 Å². The molecular formula is C20H23FN6O2. The van der Waals surface area contributed by atoms with Crippen LogP contribution in [0, 0.1) is 12.7 Å². The highest BCUT2D eigenvalue weighted by molar-refractivity contribution is 5.75. The molecule has 0 fully saturated rings. The van der Waals surface area contributed by atoms with Gasteiger partial charge in [-0.3, -0.25) is 4.68 Å². The number of benzene rings is 1. The van der Waals surface area contributed by atoms with Gasteiger partial charge in [0.1, 0.15) is 5.82 Å². The Balaban J connectivity index is 1.46. The molecule has 0 bridgehead atoms. The highest BCUT2D eigenvalue weighted by Gasteiger charge is 2.26. The van der Waals surface area contributed by atoms with Gasteiger partial charge in [0, 0.05) is 17.8 Å². The van der Waals surface area contributed by atoms with Crippen LogP contribution in [0.2, 0.25) is 0 Å². The van der Waals surface area contributed by atoms with Gasteiger partial charge in [-0.25, -0.2) is 13.9 Å². The molecule has 152 valence electrons. The minimum Gasteiger partial charge on any atom is -0.493 e. The van der Waals surface area contributed by atoms with Gasteiger partial charge in [0.25, 0.3) is 0 Å². The molecule has 1 aromatic carbocycles. The number of nitrogens with zero attached hydrogens (tertiary/aromatic N) is 5. The topological polar surface area (TPSA) is 77.2 Å². The molecule has 1 aliphatic rings. The van der Waals surface area contributed by atoms with E-state index in [0.717, 1.165) is 22.6 Å². The normalized spacial score (nSPS) is 14.4. The van der Waals surface area contributed by atoms with Crippen LogP contribution in [0.3, 0.4) is 0 Å². The summed E-state index contributed by atoms with van der Waals surface area (Å²) >= 11 is 0. The van der Waals surface area contributed by atoms with E-state index in [9.17, 15) is 9.18 Å². The number of nitrogens with one attached hydrogen (secondary N) is 1. The predicted molar refractivity (Wildman–Crippen MR) is 104 cm³/mol. The van der Waals surface area contributed by atoms with E-state index >= 15 is 0 Å². The van der Waals surface area contributed by atoms with Gasteiger partial charge in [0.15, 0.2) is 5.75 Å². The van der Waals surface area contributed by atoms with E-state index in [1.807, 2.05) is 18.5 Å². The van der Waals surface area contributed by atoms with Crippen molar-refractivity contribution in [2.45, 2.75) is 33.0 Å². The molecule has 0 saturated carbocycles. The number of halogens is 1. The molecular weight excluding hydrogens is 375 g/mol. The minimum absolute atomic E-state index is 0.152. The number of carbonyl (C=O) groups excluding carboxylic acids is 1. The van der Waals surface area contributed by atoms with Crippen molar-refractivity contribution >= 4 is 6.03 Å². The molecule has 3 heterocycles. The SMILES string of the molecule is COc1cnn2c1CN(C(=O)NC(C)c1cnn(-c3ccc(F)cc3)c1C)CC2. The minimum atomic E-state index is -0.293. The van der Waals surface area contributed by atoms with Gasteiger partial charge in [-0.1, -0.05) is 0 Å². The summed E-state index contributed by atoms with van der Waals surface area (Å²) in [4.78, 5) is 14.6. The van der Waals surface area contributed by atoms with Crippen LogP contribution in [0.15, 0.2) is 36.7 Å². The summed E-state index contributed by atoms with van der Waals surface area (Å²) in [7, 11) is 1.60. The zero-order valence-electron chi connectivity index (χ0n) is 16.6. The van der Waals surface area contributed by atoms with Crippen molar-refractivity contribution in [1.82, 2.24) is 29.8 Å². The fraction of sp³-hybridized carbons (Fsp3) is 0.350. The first-order chi connectivity index (χ1) is 14.0. The lowest BCUT2D eigenvalue weighted by atomic mass is 10.1. The largest absolute Gasteiger partial charge is 0.493 e. The first kappa shape index (κ1) is 19.0. The molecule has 1 aliphatic heterocycles. The standard InChI is InChI=1S/C20H23FN6O2/c1-13(17-10-23-27(14(17)2)16-6-4-15(21)5-7-16)24-20(28)25-8-9-26-18(12-25)19(29-3)11-22-26/h4-7,10-11,13H,8-9,12H2,1-3H3,(H,24,28). The molecule has 29 heavy (non-hydrogen) atoms. The molecule has 9 heteroatoms. The van der Waals surface area contributed by atoms with E-state index in [2.05, 4.69) is 15.5 Å². The van der Waals surface area contributed by atoms with E-state index in [-0.39, 0.29) is 17.9 Å². The lowest BCUT2D eigenvalue weighted by Crippen LogP contribution is -2.45. The molecule has 0 saturated heterocycles. The maximum absolute atomic E-state index is 13.2. The van der Waals surface area contributed by atoms with Gasteiger partial charge in [-0.05, 0) is 38.1 Å². The molecule has 0 aliphatic carbocycles. The Labute approximate surface area is 167 Å². The Morgan fingerprint density at radius 2 is 1.97 bits per heavy atom. The highest BCUT2D eigenvalue weighted by Crippen LogP contribution is 2.24. The van der Waals surface area contributed by atoms with Crippen molar-refractivity contribution in [3.05, 3.63) is 59.4 Å². The smallest absolute Gasteiger partial charge is 0.318 e. The Morgan fingerprint density at radius 3 is 2.69 bits per heavy atom. The van der Waals surface area contributed by atoms with Crippen molar-refractivity contribution in [3.63, 3.8) is 0 Å². The number of aromatic nitrogens is 4. The molecule has 4 rings (SSSR count). The van der Waals surface area contributed by atoms with Gasteiger partial charge in [0.2, 0.25) is 0 Å². The second-order valence-corrected chi connectivity index (χ2v) is 7.05.